The highest BCUT2D eigenvalue weighted by molar-refractivity contribution is 8.26. The highest BCUT2D eigenvalue weighted by Crippen LogP contribution is 2.35. The molecule has 0 N–H and O–H groups in total. The molecule has 1 atom stereocenters. The molecule has 0 aliphatic carbocycles. The number of benzene rings is 1. The molecule has 0 saturated carbocycles. The molecule has 1 aromatic rings. The van der Waals surface area contributed by atoms with Gasteiger partial charge < -0.3 is 14.8 Å². The summed E-state index contributed by atoms with van der Waals surface area (Å²) in [5.41, 5.74) is 1.91. The summed E-state index contributed by atoms with van der Waals surface area (Å²) < 4.78 is 0.249. The first-order valence-corrected chi connectivity index (χ1v) is 8.70. The molecule has 2 rings (SSSR count). The van der Waals surface area contributed by atoms with E-state index in [-0.39, 0.29) is 16.1 Å². The summed E-state index contributed by atoms with van der Waals surface area (Å²) in [6.07, 6.45) is 1.73. The summed E-state index contributed by atoms with van der Waals surface area (Å²) in [4.78, 5) is 27.5. The highest BCUT2D eigenvalue weighted by atomic mass is 32.2. The molecule has 128 valence electrons. The zero-order chi connectivity index (χ0) is 18.0. The fourth-order valence-corrected chi connectivity index (χ4v) is 3.74. The molecular formula is C17H19N2O3S2-. The summed E-state index contributed by atoms with van der Waals surface area (Å²) in [5, 5.41) is 11.4. The predicted molar refractivity (Wildman–Crippen MR) is 99.4 cm³/mol. The Morgan fingerprint density at radius 2 is 1.88 bits per heavy atom. The molecule has 1 aliphatic heterocycles. The molecule has 1 unspecified atom stereocenters. The van der Waals surface area contributed by atoms with E-state index in [1.54, 1.807) is 19.9 Å². The lowest BCUT2D eigenvalue weighted by atomic mass is 10.0. The molecule has 0 bridgehead atoms. The maximum atomic E-state index is 12.6. The standard InChI is InChI=1S/C17H20N2O3S2/c1-10(2)14(16(21)22)19-15(20)13(24-17(19)23)9-11-5-7-12(8-6-11)18(3)4/h5-10,14H,1-4H3,(H,21,22)/p-1. The van der Waals surface area contributed by atoms with Crippen LogP contribution in [0.2, 0.25) is 0 Å². The predicted octanol–water partition coefficient (Wildman–Crippen LogP) is 1.73. The van der Waals surface area contributed by atoms with Gasteiger partial charge in [0.25, 0.3) is 5.91 Å². The monoisotopic (exact) mass is 363 g/mol. The lowest BCUT2D eigenvalue weighted by Gasteiger charge is -2.30. The molecule has 1 amide bonds. The van der Waals surface area contributed by atoms with Gasteiger partial charge in [0, 0.05) is 19.8 Å². The van der Waals surface area contributed by atoms with Crippen LogP contribution >= 0.6 is 24.0 Å². The smallest absolute Gasteiger partial charge is 0.266 e. The maximum absolute atomic E-state index is 12.6. The third-order valence-electron chi connectivity index (χ3n) is 3.68. The van der Waals surface area contributed by atoms with Crippen LogP contribution in [-0.2, 0) is 9.59 Å². The van der Waals surface area contributed by atoms with Crippen molar-refractivity contribution in [3.63, 3.8) is 0 Å². The Labute approximate surface area is 151 Å². The number of anilines is 1. The quantitative estimate of drug-likeness (QED) is 0.586. The summed E-state index contributed by atoms with van der Waals surface area (Å²) in [7, 11) is 3.90. The molecule has 1 fully saturated rings. The van der Waals surface area contributed by atoms with Gasteiger partial charge in [-0.2, -0.15) is 0 Å². The fraction of sp³-hybridized carbons (Fsp3) is 0.353. The van der Waals surface area contributed by atoms with Crippen LogP contribution in [0, 0.1) is 5.92 Å². The Balaban J connectivity index is 2.29. The van der Waals surface area contributed by atoms with E-state index in [1.165, 1.54) is 0 Å². The molecule has 1 saturated heterocycles. The molecule has 1 aliphatic rings. The zero-order valence-electron chi connectivity index (χ0n) is 14.0. The maximum Gasteiger partial charge on any atom is 0.266 e. The minimum absolute atomic E-state index is 0.249. The number of carbonyl (C=O) groups excluding carboxylic acids is 2. The van der Waals surface area contributed by atoms with Crippen molar-refractivity contribution in [2.24, 2.45) is 5.92 Å². The number of hydrogen-bond donors (Lipinski definition) is 0. The minimum Gasteiger partial charge on any atom is -0.548 e. The van der Waals surface area contributed by atoms with Crippen molar-refractivity contribution in [3.8, 4) is 0 Å². The van der Waals surface area contributed by atoms with Crippen LogP contribution < -0.4 is 10.0 Å². The van der Waals surface area contributed by atoms with E-state index in [0.717, 1.165) is 27.9 Å². The van der Waals surface area contributed by atoms with Gasteiger partial charge in [0.2, 0.25) is 0 Å². The van der Waals surface area contributed by atoms with Crippen molar-refractivity contribution in [1.82, 2.24) is 4.90 Å². The van der Waals surface area contributed by atoms with E-state index in [0.29, 0.717) is 4.91 Å². The number of nitrogens with zero attached hydrogens (tertiary/aromatic N) is 2. The first-order chi connectivity index (χ1) is 11.2. The molecule has 0 aromatic heterocycles. The second-order valence-electron chi connectivity index (χ2n) is 6.05. The number of hydrogen-bond acceptors (Lipinski definition) is 6. The lowest BCUT2D eigenvalue weighted by Crippen LogP contribution is -2.52. The SMILES string of the molecule is CC(C)C(C(=O)[O-])N1C(=O)C(=Cc2ccc(N(C)C)cc2)SC1=S. The van der Waals surface area contributed by atoms with Crippen LogP contribution in [0.4, 0.5) is 5.69 Å². The summed E-state index contributed by atoms with van der Waals surface area (Å²) >= 11 is 6.33. The van der Waals surface area contributed by atoms with Gasteiger partial charge in [-0.1, -0.05) is 50.0 Å². The Morgan fingerprint density at radius 1 is 1.29 bits per heavy atom. The number of thiocarbonyl (C=S) groups is 1. The van der Waals surface area contributed by atoms with Gasteiger partial charge in [-0.15, -0.1) is 0 Å². The van der Waals surface area contributed by atoms with Crippen molar-refractivity contribution >= 4 is 51.9 Å². The van der Waals surface area contributed by atoms with Gasteiger partial charge >= 0.3 is 0 Å². The van der Waals surface area contributed by atoms with Crippen LogP contribution in [0.5, 0.6) is 0 Å². The normalized spacial score (nSPS) is 17.7. The average molecular weight is 363 g/mol. The Hall–Kier alpha value is -1.86. The van der Waals surface area contributed by atoms with Crippen molar-refractivity contribution in [3.05, 3.63) is 34.7 Å². The lowest BCUT2D eigenvalue weighted by molar-refractivity contribution is -0.311. The Morgan fingerprint density at radius 3 is 2.33 bits per heavy atom. The molecule has 5 nitrogen and oxygen atoms in total. The average Bonchev–Trinajstić information content (AvgIpc) is 2.75. The fourth-order valence-electron chi connectivity index (χ4n) is 2.42. The molecule has 1 aromatic carbocycles. The second kappa shape index (κ2) is 7.36. The highest BCUT2D eigenvalue weighted by Gasteiger charge is 2.38. The third-order valence-corrected chi connectivity index (χ3v) is 5.01. The number of aliphatic carboxylic acids is 1. The first-order valence-electron chi connectivity index (χ1n) is 7.47. The summed E-state index contributed by atoms with van der Waals surface area (Å²) in [6.45, 7) is 3.45. The van der Waals surface area contributed by atoms with E-state index in [9.17, 15) is 14.7 Å². The third kappa shape index (κ3) is 3.79. The number of amides is 1. The number of carbonyl (C=O) groups is 2. The van der Waals surface area contributed by atoms with Gasteiger partial charge in [-0.25, -0.2) is 0 Å². The van der Waals surface area contributed by atoms with Crippen molar-refractivity contribution in [2.75, 3.05) is 19.0 Å². The van der Waals surface area contributed by atoms with E-state index in [4.69, 9.17) is 12.2 Å². The van der Waals surface area contributed by atoms with Gasteiger partial charge in [0.05, 0.1) is 16.9 Å². The first kappa shape index (κ1) is 18.5. The Bertz CT molecular complexity index is 696. The minimum atomic E-state index is -1.29. The largest absolute Gasteiger partial charge is 0.548 e. The van der Waals surface area contributed by atoms with E-state index in [1.807, 2.05) is 43.3 Å². The molecular weight excluding hydrogens is 344 g/mol. The van der Waals surface area contributed by atoms with Gasteiger partial charge in [0.1, 0.15) is 4.32 Å². The van der Waals surface area contributed by atoms with Crippen LogP contribution in [0.25, 0.3) is 6.08 Å². The topological polar surface area (TPSA) is 63.7 Å². The molecule has 0 radical (unpaired) electrons. The number of rotatable bonds is 5. The van der Waals surface area contributed by atoms with Crippen molar-refractivity contribution < 1.29 is 14.7 Å². The van der Waals surface area contributed by atoms with Gasteiger partial charge in [-0.05, 0) is 29.7 Å². The van der Waals surface area contributed by atoms with Gasteiger partial charge in [0.15, 0.2) is 0 Å². The van der Waals surface area contributed by atoms with E-state index < -0.39 is 12.0 Å². The van der Waals surface area contributed by atoms with Crippen LogP contribution in [0.15, 0.2) is 29.2 Å². The summed E-state index contributed by atoms with van der Waals surface area (Å²) in [6, 6.07) is 6.65. The summed E-state index contributed by atoms with van der Waals surface area (Å²) in [5.74, 6) is -1.97. The molecule has 0 spiro atoms. The number of thioether (sulfide) groups is 1. The van der Waals surface area contributed by atoms with Crippen molar-refractivity contribution in [2.45, 2.75) is 19.9 Å². The molecule has 1 heterocycles. The zero-order valence-corrected chi connectivity index (χ0v) is 15.6. The van der Waals surface area contributed by atoms with Crippen molar-refractivity contribution in [1.29, 1.82) is 0 Å². The van der Waals surface area contributed by atoms with E-state index >= 15 is 0 Å². The molecule has 7 heteroatoms. The second-order valence-corrected chi connectivity index (χ2v) is 7.72. The van der Waals surface area contributed by atoms with Crippen LogP contribution in [-0.4, -0.2) is 41.2 Å². The van der Waals surface area contributed by atoms with E-state index in [2.05, 4.69) is 0 Å². The van der Waals surface area contributed by atoms with Gasteiger partial charge in [-0.3, -0.25) is 9.69 Å². The number of carboxylic acids is 1. The van der Waals surface area contributed by atoms with Crippen LogP contribution in [0.1, 0.15) is 19.4 Å². The number of carboxylic acid groups (broad SMARTS) is 1. The Kier molecular flexibility index (Phi) is 5.66. The van der Waals surface area contributed by atoms with Crippen LogP contribution in [0.3, 0.4) is 0 Å². The molecule has 24 heavy (non-hydrogen) atoms.